The molecule has 0 N–H and O–H groups in total. The van der Waals surface area contributed by atoms with Crippen LogP contribution in [0.5, 0.6) is 11.5 Å². The molecule has 1 saturated heterocycles. The first-order valence-electron chi connectivity index (χ1n) is 11.5. The molecule has 7 heteroatoms. The Bertz CT molecular complexity index is 1170. The van der Waals surface area contributed by atoms with E-state index in [9.17, 15) is 9.59 Å². The molecule has 3 aromatic carbocycles. The number of amides is 1. The van der Waals surface area contributed by atoms with Crippen molar-refractivity contribution in [1.82, 2.24) is 4.90 Å². The van der Waals surface area contributed by atoms with E-state index in [1.165, 1.54) is 12.0 Å². The minimum absolute atomic E-state index is 0.168. The molecule has 0 saturated carbocycles. The van der Waals surface area contributed by atoms with Gasteiger partial charge in [0.15, 0.2) is 23.1 Å². The van der Waals surface area contributed by atoms with E-state index < -0.39 is 23.7 Å². The summed E-state index contributed by atoms with van der Waals surface area (Å²) in [4.78, 5) is 28.7. The molecule has 1 heterocycles. The average molecular weight is 476 g/mol. The van der Waals surface area contributed by atoms with Crippen LogP contribution in [0.25, 0.3) is 0 Å². The highest BCUT2D eigenvalue weighted by Crippen LogP contribution is 2.47. The van der Waals surface area contributed by atoms with Crippen LogP contribution in [0.2, 0.25) is 0 Å². The van der Waals surface area contributed by atoms with E-state index in [-0.39, 0.29) is 19.6 Å². The second kappa shape index (κ2) is 10.5. The molecule has 0 radical (unpaired) electrons. The zero-order chi connectivity index (χ0) is 24.8. The lowest BCUT2D eigenvalue weighted by Gasteiger charge is -2.37. The molecule has 0 bridgehead atoms. The number of ether oxygens (including phenoxy) is 4. The summed E-state index contributed by atoms with van der Waals surface area (Å²) in [5.41, 5.74) is 0.918. The number of hydrogen-bond acceptors (Lipinski definition) is 6. The summed E-state index contributed by atoms with van der Waals surface area (Å²) in [6.45, 7) is 2.11. The molecular weight excluding hydrogens is 446 g/mol. The van der Waals surface area contributed by atoms with Crippen LogP contribution in [-0.4, -0.2) is 43.3 Å². The molecule has 1 aliphatic rings. The lowest BCUT2D eigenvalue weighted by molar-refractivity contribution is -0.158. The third-order valence-corrected chi connectivity index (χ3v) is 6.19. The number of nitrogens with zero attached hydrogens (tertiary/aromatic N) is 1. The van der Waals surface area contributed by atoms with Gasteiger partial charge in [0.1, 0.15) is 0 Å². The van der Waals surface area contributed by atoms with E-state index in [1.54, 1.807) is 32.2 Å². The van der Waals surface area contributed by atoms with E-state index in [2.05, 4.69) is 0 Å². The Labute approximate surface area is 205 Å². The Hall–Kier alpha value is -4.00. The zero-order valence-corrected chi connectivity index (χ0v) is 20.1. The third kappa shape index (κ3) is 4.67. The largest absolute Gasteiger partial charge is 0.493 e. The Kier molecular flexibility index (Phi) is 7.25. The molecule has 1 fully saturated rings. The van der Waals surface area contributed by atoms with E-state index in [4.69, 9.17) is 18.9 Å². The van der Waals surface area contributed by atoms with Gasteiger partial charge in [-0.2, -0.15) is 0 Å². The number of esters is 1. The van der Waals surface area contributed by atoms with Gasteiger partial charge in [0.05, 0.1) is 27.4 Å². The zero-order valence-electron chi connectivity index (χ0n) is 20.1. The van der Waals surface area contributed by atoms with Crippen LogP contribution in [0.3, 0.4) is 0 Å². The Morgan fingerprint density at radius 2 is 1.54 bits per heavy atom. The molecule has 0 aromatic heterocycles. The van der Waals surface area contributed by atoms with E-state index in [1.807, 2.05) is 60.7 Å². The smallest absolute Gasteiger partial charge is 0.411 e. The minimum Gasteiger partial charge on any atom is -0.493 e. The lowest BCUT2D eigenvalue weighted by atomic mass is 9.81. The summed E-state index contributed by atoms with van der Waals surface area (Å²) >= 11 is 0. The molecule has 1 amide bonds. The van der Waals surface area contributed by atoms with Crippen LogP contribution >= 0.6 is 0 Å². The van der Waals surface area contributed by atoms with E-state index in [0.717, 1.165) is 11.1 Å². The molecule has 2 atom stereocenters. The van der Waals surface area contributed by atoms with Crippen LogP contribution in [0.15, 0.2) is 78.9 Å². The van der Waals surface area contributed by atoms with Crippen molar-refractivity contribution in [1.29, 1.82) is 0 Å². The number of carbonyl (C=O) groups is 2. The maximum absolute atomic E-state index is 13.8. The summed E-state index contributed by atoms with van der Waals surface area (Å²) in [6, 6.07) is 24.3. The highest BCUT2D eigenvalue weighted by molar-refractivity contribution is 5.90. The van der Waals surface area contributed by atoms with Crippen molar-refractivity contribution in [3.05, 3.63) is 95.6 Å². The Morgan fingerprint density at radius 3 is 2.14 bits per heavy atom. The first-order valence-corrected chi connectivity index (χ1v) is 11.5. The van der Waals surface area contributed by atoms with Crippen molar-refractivity contribution in [2.75, 3.05) is 20.8 Å². The summed E-state index contributed by atoms with van der Waals surface area (Å²) in [6.07, 6.45) is -1.31. The average Bonchev–Trinajstić information content (AvgIpc) is 3.16. The number of hydrogen-bond donors (Lipinski definition) is 0. The summed E-state index contributed by atoms with van der Waals surface area (Å²) in [5.74, 6) is 0.483. The van der Waals surface area contributed by atoms with E-state index in [0.29, 0.717) is 17.1 Å². The maximum atomic E-state index is 13.8. The predicted molar refractivity (Wildman–Crippen MR) is 130 cm³/mol. The monoisotopic (exact) mass is 475 g/mol. The first kappa shape index (κ1) is 24.1. The first-order chi connectivity index (χ1) is 17.0. The van der Waals surface area contributed by atoms with Crippen LogP contribution < -0.4 is 9.47 Å². The molecule has 35 heavy (non-hydrogen) atoms. The van der Waals surface area contributed by atoms with Crippen molar-refractivity contribution in [3.8, 4) is 11.5 Å². The van der Waals surface area contributed by atoms with Crippen LogP contribution in [0.4, 0.5) is 4.79 Å². The van der Waals surface area contributed by atoms with Crippen LogP contribution in [-0.2, 0) is 27.2 Å². The molecule has 182 valence electrons. The second-order valence-electron chi connectivity index (χ2n) is 8.26. The number of benzene rings is 3. The van der Waals surface area contributed by atoms with Gasteiger partial charge in [-0.3, -0.25) is 4.90 Å². The topological polar surface area (TPSA) is 74.3 Å². The molecule has 1 unspecified atom stereocenters. The molecule has 7 nitrogen and oxygen atoms in total. The second-order valence-corrected chi connectivity index (χ2v) is 8.26. The number of methoxy groups -OCH3 is 2. The predicted octanol–water partition coefficient (Wildman–Crippen LogP) is 4.94. The fourth-order valence-electron chi connectivity index (χ4n) is 4.54. The van der Waals surface area contributed by atoms with E-state index >= 15 is 0 Å². The number of rotatable bonds is 9. The van der Waals surface area contributed by atoms with Gasteiger partial charge < -0.3 is 18.9 Å². The molecule has 0 aliphatic carbocycles. The lowest BCUT2D eigenvalue weighted by Crippen LogP contribution is -2.56. The maximum Gasteiger partial charge on any atom is 0.411 e. The molecule has 0 spiro atoms. The number of cyclic esters (lactones) is 1. The highest BCUT2D eigenvalue weighted by Gasteiger charge is 2.61. The Morgan fingerprint density at radius 1 is 0.914 bits per heavy atom. The normalized spacial score (nSPS) is 19.2. The Balaban J connectivity index is 1.89. The standard InChI is InChI=1S/C28H29NO6/c1-4-34-26(30)28(18-20-11-7-5-8-12-20)25(22-15-16-23(32-2)24(17-22)33-3)35-27(31)29(28)19-21-13-9-6-10-14-21/h5-17,25H,4,18-19H2,1-3H3/t25?,28-/m1/s1. The van der Waals surface area contributed by atoms with Gasteiger partial charge in [0, 0.05) is 6.42 Å². The number of carbonyl (C=O) groups excluding carboxylic acids is 2. The van der Waals surface area contributed by atoms with Crippen molar-refractivity contribution < 1.29 is 28.5 Å². The van der Waals surface area contributed by atoms with Crippen molar-refractivity contribution in [3.63, 3.8) is 0 Å². The third-order valence-electron chi connectivity index (χ3n) is 6.19. The van der Waals surface area contributed by atoms with Gasteiger partial charge in [-0.05, 0) is 35.7 Å². The van der Waals surface area contributed by atoms with Gasteiger partial charge >= 0.3 is 12.1 Å². The summed E-state index contributed by atoms with van der Waals surface area (Å²) in [7, 11) is 3.08. The quantitative estimate of drug-likeness (QED) is 0.408. The fraction of sp³-hybridized carbons (Fsp3) is 0.286. The summed E-state index contributed by atoms with van der Waals surface area (Å²) in [5, 5.41) is 0. The van der Waals surface area contributed by atoms with Gasteiger partial charge in [-0.25, -0.2) is 9.59 Å². The fourth-order valence-corrected chi connectivity index (χ4v) is 4.54. The molecule has 4 rings (SSSR count). The molecule has 1 aliphatic heterocycles. The van der Waals surface area contributed by atoms with Crippen LogP contribution in [0.1, 0.15) is 29.7 Å². The summed E-state index contributed by atoms with van der Waals surface area (Å²) < 4.78 is 22.4. The van der Waals surface area contributed by atoms with Gasteiger partial charge in [-0.1, -0.05) is 66.7 Å². The van der Waals surface area contributed by atoms with Gasteiger partial charge in [0.2, 0.25) is 0 Å². The van der Waals surface area contributed by atoms with Gasteiger partial charge in [-0.15, -0.1) is 0 Å². The van der Waals surface area contributed by atoms with Crippen LogP contribution in [0, 0.1) is 0 Å². The van der Waals surface area contributed by atoms with Crippen molar-refractivity contribution in [2.45, 2.75) is 31.5 Å². The van der Waals surface area contributed by atoms with Crippen molar-refractivity contribution in [2.24, 2.45) is 0 Å². The molecule has 3 aromatic rings. The SMILES string of the molecule is CCOC(=O)[C@@]1(Cc2ccccc2)C(c2ccc(OC)c(OC)c2)OC(=O)N1Cc1ccccc1. The minimum atomic E-state index is -1.44. The highest BCUT2D eigenvalue weighted by atomic mass is 16.6. The molecular formula is C28H29NO6. The van der Waals surface area contributed by atoms with Gasteiger partial charge in [0.25, 0.3) is 0 Å². The van der Waals surface area contributed by atoms with Crippen molar-refractivity contribution >= 4 is 12.1 Å².